The Morgan fingerprint density at radius 2 is 2.09 bits per heavy atom. The van der Waals surface area contributed by atoms with Crippen molar-refractivity contribution in [2.75, 3.05) is 19.8 Å². The van der Waals surface area contributed by atoms with Crippen molar-refractivity contribution in [1.29, 1.82) is 0 Å². The van der Waals surface area contributed by atoms with Gasteiger partial charge in [-0.15, -0.1) is 0 Å². The van der Waals surface area contributed by atoms with Crippen molar-refractivity contribution in [2.24, 2.45) is 5.92 Å². The third-order valence-corrected chi connectivity index (χ3v) is 3.07. The molecule has 1 aromatic heterocycles. The van der Waals surface area contributed by atoms with Gasteiger partial charge >= 0.3 is 0 Å². The summed E-state index contributed by atoms with van der Waals surface area (Å²) in [5, 5.41) is 7.10. The summed E-state index contributed by atoms with van der Waals surface area (Å²) in [6.07, 6.45) is 4.13. The van der Waals surface area contributed by atoms with E-state index in [-0.39, 0.29) is 5.91 Å². The monoisotopic (exact) mass is 301 g/mol. The van der Waals surface area contributed by atoms with Gasteiger partial charge in [0, 0.05) is 26.0 Å². The van der Waals surface area contributed by atoms with Gasteiger partial charge in [0.2, 0.25) is 0 Å². The number of ether oxygens (including phenoxy) is 1. The SMILES string of the molecule is CC(C)COCCCNC(=O)c1cnn(-c2ccccc2)c1. The van der Waals surface area contributed by atoms with Gasteiger partial charge in [0.15, 0.2) is 0 Å². The molecule has 0 unspecified atom stereocenters. The Hall–Kier alpha value is -2.14. The van der Waals surface area contributed by atoms with E-state index in [0.717, 1.165) is 18.7 Å². The minimum atomic E-state index is -0.106. The Kier molecular flexibility index (Phi) is 6.15. The van der Waals surface area contributed by atoms with Crippen LogP contribution in [0.4, 0.5) is 0 Å². The van der Waals surface area contributed by atoms with Crippen molar-refractivity contribution in [2.45, 2.75) is 20.3 Å². The van der Waals surface area contributed by atoms with E-state index >= 15 is 0 Å². The molecule has 0 radical (unpaired) electrons. The van der Waals surface area contributed by atoms with Crippen LogP contribution in [-0.2, 0) is 4.74 Å². The van der Waals surface area contributed by atoms with Crippen LogP contribution in [0, 0.1) is 5.92 Å². The molecule has 2 aromatic rings. The van der Waals surface area contributed by atoms with E-state index in [1.807, 2.05) is 30.3 Å². The summed E-state index contributed by atoms with van der Waals surface area (Å²) in [5.41, 5.74) is 1.50. The minimum Gasteiger partial charge on any atom is -0.381 e. The topological polar surface area (TPSA) is 56.1 Å². The van der Waals surface area contributed by atoms with E-state index in [0.29, 0.717) is 24.6 Å². The van der Waals surface area contributed by atoms with Gasteiger partial charge in [-0.2, -0.15) is 5.10 Å². The number of carbonyl (C=O) groups excluding carboxylic acids is 1. The van der Waals surface area contributed by atoms with Crippen molar-refractivity contribution in [1.82, 2.24) is 15.1 Å². The van der Waals surface area contributed by atoms with Crippen molar-refractivity contribution >= 4 is 5.91 Å². The number of aromatic nitrogens is 2. The highest BCUT2D eigenvalue weighted by atomic mass is 16.5. The molecule has 0 aliphatic heterocycles. The van der Waals surface area contributed by atoms with E-state index in [9.17, 15) is 4.79 Å². The zero-order chi connectivity index (χ0) is 15.8. The predicted molar refractivity (Wildman–Crippen MR) is 86.2 cm³/mol. The molecule has 0 spiro atoms. The maximum Gasteiger partial charge on any atom is 0.254 e. The normalized spacial score (nSPS) is 10.9. The smallest absolute Gasteiger partial charge is 0.254 e. The van der Waals surface area contributed by atoms with Gasteiger partial charge in [0.05, 0.1) is 17.4 Å². The Morgan fingerprint density at radius 1 is 1.32 bits per heavy atom. The first-order valence-electron chi connectivity index (χ1n) is 7.63. The van der Waals surface area contributed by atoms with Gasteiger partial charge in [-0.25, -0.2) is 4.68 Å². The lowest BCUT2D eigenvalue weighted by atomic mass is 10.2. The number of para-hydroxylation sites is 1. The van der Waals surface area contributed by atoms with Crippen LogP contribution < -0.4 is 5.32 Å². The van der Waals surface area contributed by atoms with E-state index in [2.05, 4.69) is 24.3 Å². The first kappa shape index (κ1) is 16.2. The second-order valence-corrected chi connectivity index (χ2v) is 5.59. The van der Waals surface area contributed by atoms with E-state index < -0.39 is 0 Å². The molecule has 0 saturated heterocycles. The van der Waals surface area contributed by atoms with Gasteiger partial charge in [0.1, 0.15) is 0 Å². The summed E-state index contributed by atoms with van der Waals surface area (Å²) in [6.45, 7) is 6.27. The summed E-state index contributed by atoms with van der Waals surface area (Å²) in [4.78, 5) is 12.0. The lowest BCUT2D eigenvalue weighted by molar-refractivity contribution is 0.0925. The predicted octanol–water partition coefficient (Wildman–Crippen LogP) is 2.66. The average molecular weight is 301 g/mol. The molecule has 0 atom stereocenters. The second kappa shape index (κ2) is 8.34. The highest BCUT2D eigenvalue weighted by Crippen LogP contribution is 2.07. The number of hydrogen-bond donors (Lipinski definition) is 1. The number of amides is 1. The summed E-state index contributed by atoms with van der Waals surface area (Å²) in [5.74, 6) is 0.435. The lowest BCUT2D eigenvalue weighted by Crippen LogP contribution is -2.25. The zero-order valence-electron chi connectivity index (χ0n) is 13.2. The fourth-order valence-electron chi connectivity index (χ4n) is 1.96. The molecule has 1 amide bonds. The molecular formula is C17H23N3O2. The van der Waals surface area contributed by atoms with Gasteiger partial charge in [0.25, 0.3) is 5.91 Å². The molecular weight excluding hydrogens is 278 g/mol. The van der Waals surface area contributed by atoms with Gasteiger partial charge < -0.3 is 10.1 Å². The zero-order valence-corrected chi connectivity index (χ0v) is 13.2. The van der Waals surface area contributed by atoms with Crippen LogP contribution >= 0.6 is 0 Å². The summed E-state index contributed by atoms with van der Waals surface area (Å²) in [7, 11) is 0. The maximum atomic E-state index is 12.0. The van der Waals surface area contributed by atoms with E-state index in [1.54, 1.807) is 17.1 Å². The molecule has 1 heterocycles. The van der Waals surface area contributed by atoms with Crippen LogP contribution in [0.5, 0.6) is 0 Å². The fraction of sp³-hybridized carbons (Fsp3) is 0.412. The molecule has 1 aromatic carbocycles. The molecule has 1 N–H and O–H groups in total. The van der Waals surface area contributed by atoms with Crippen molar-refractivity contribution < 1.29 is 9.53 Å². The molecule has 0 aliphatic rings. The van der Waals surface area contributed by atoms with Crippen molar-refractivity contribution in [3.63, 3.8) is 0 Å². The van der Waals surface area contributed by atoms with Gasteiger partial charge in [-0.1, -0.05) is 32.0 Å². The van der Waals surface area contributed by atoms with Crippen LogP contribution in [0.25, 0.3) is 5.69 Å². The summed E-state index contributed by atoms with van der Waals surface area (Å²) >= 11 is 0. The first-order chi connectivity index (χ1) is 10.7. The second-order valence-electron chi connectivity index (χ2n) is 5.59. The molecule has 0 bridgehead atoms. The van der Waals surface area contributed by atoms with Crippen molar-refractivity contribution in [3.05, 3.63) is 48.3 Å². The maximum absolute atomic E-state index is 12.0. The molecule has 0 saturated carbocycles. The fourth-order valence-corrected chi connectivity index (χ4v) is 1.96. The number of benzene rings is 1. The number of rotatable bonds is 8. The molecule has 5 heteroatoms. The van der Waals surface area contributed by atoms with E-state index in [4.69, 9.17) is 4.74 Å². The number of carbonyl (C=O) groups is 1. The minimum absolute atomic E-state index is 0.106. The standard InChI is InChI=1S/C17H23N3O2/c1-14(2)13-22-10-6-9-18-17(21)15-11-19-20(12-15)16-7-4-3-5-8-16/h3-5,7-8,11-12,14H,6,9-10,13H2,1-2H3,(H,18,21). The molecule has 118 valence electrons. The number of hydrogen-bond acceptors (Lipinski definition) is 3. The Labute approximate surface area is 131 Å². The Morgan fingerprint density at radius 3 is 2.82 bits per heavy atom. The van der Waals surface area contributed by atoms with E-state index in [1.165, 1.54) is 0 Å². The quantitative estimate of drug-likeness (QED) is 0.763. The summed E-state index contributed by atoms with van der Waals surface area (Å²) in [6, 6.07) is 9.71. The Balaban J connectivity index is 1.75. The van der Waals surface area contributed by atoms with Crippen LogP contribution in [0.2, 0.25) is 0 Å². The Bertz CT molecular complexity index is 579. The molecule has 0 aliphatic carbocycles. The highest BCUT2D eigenvalue weighted by Gasteiger charge is 2.08. The average Bonchev–Trinajstić information content (AvgIpc) is 3.01. The molecule has 0 fully saturated rings. The highest BCUT2D eigenvalue weighted by molar-refractivity contribution is 5.93. The number of nitrogens with one attached hydrogen (secondary N) is 1. The summed E-state index contributed by atoms with van der Waals surface area (Å²) < 4.78 is 7.17. The first-order valence-corrected chi connectivity index (χ1v) is 7.63. The van der Waals surface area contributed by atoms with Crippen molar-refractivity contribution in [3.8, 4) is 5.69 Å². The third-order valence-electron chi connectivity index (χ3n) is 3.07. The number of nitrogens with zero attached hydrogens (tertiary/aromatic N) is 2. The van der Waals surface area contributed by atoms with Crippen LogP contribution in [0.15, 0.2) is 42.7 Å². The van der Waals surface area contributed by atoms with Gasteiger partial charge in [-0.3, -0.25) is 4.79 Å². The largest absolute Gasteiger partial charge is 0.381 e. The van der Waals surface area contributed by atoms with Crippen LogP contribution in [-0.4, -0.2) is 35.4 Å². The van der Waals surface area contributed by atoms with Crippen LogP contribution in [0.1, 0.15) is 30.6 Å². The molecule has 2 rings (SSSR count). The van der Waals surface area contributed by atoms with Gasteiger partial charge in [-0.05, 0) is 24.5 Å². The third kappa shape index (κ3) is 5.00. The molecule has 22 heavy (non-hydrogen) atoms. The van der Waals surface area contributed by atoms with Crippen LogP contribution in [0.3, 0.4) is 0 Å². The molecule has 5 nitrogen and oxygen atoms in total. The lowest BCUT2D eigenvalue weighted by Gasteiger charge is -2.07.